The summed E-state index contributed by atoms with van der Waals surface area (Å²) in [5, 5.41) is 0.625. The molecule has 0 aromatic rings. The zero-order valence-corrected chi connectivity index (χ0v) is 12.9. The second-order valence-corrected chi connectivity index (χ2v) is 8.29. The van der Waals surface area contributed by atoms with Gasteiger partial charge in [0.1, 0.15) is 0 Å². The van der Waals surface area contributed by atoms with Gasteiger partial charge in [-0.1, -0.05) is 36.7 Å². The normalized spacial score (nSPS) is 14.7. The van der Waals surface area contributed by atoms with Crippen LogP contribution in [0.4, 0.5) is 0 Å². The van der Waals surface area contributed by atoms with E-state index in [0.29, 0.717) is 5.33 Å². The third-order valence-corrected chi connectivity index (χ3v) is 6.14. The molecule has 0 saturated carbocycles. The van der Waals surface area contributed by atoms with Crippen molar-refractivity contribution in [2.75, 3.05) is 18.1 Å². The summed E-state index contributed by atoms with van der Waals surface area (Å²) >= 11 is 3.34. The smallest absolute Gasteiger partial charge is 0.212 e. The molecule has 0 saturated heterocycles. The third-order valence-electron chi connectivity index (χ3n) is 2.21. The molecule has 0 N–H and O–H groups in total. The zero-order valence-electron chi connectivity index (χ0n) is 10.5. The van der Waals surface area contributed by atoms with Gasteiger partial charge in [0.05, 0.1) is 5.75 Å². The molecule has 92 valence electrons. The summed E-state index contributed by atoms with van der Waals surface area (Å²) in [6.07, 6.45) is 0. The van der Waals surface area contributed by atoms with Crippen LogP contribution in [0.1, 0.15) is 34.6 Å². The molecule has 0 aliphatic rings. The molecule has 0 radical (unpaired) electrons. The fourth-order valence-electron chi connectivity index (χ4n) is 1.10. The summed E-state index contributed by atoms with van der Waals surface area (Å²) in [5.41, 5.74) is -0.598. The summed E-state index contributed by atoms with van der Waals surface area (Å²) in [7, 11) is -1.54. The lowest BCUT2D eigenvalue weighted by atomic mass is 10.0. The SMILES string of the molecule is CN(C(C)(C)CBr)S(=O)(=O)CC(C)(C)C. The molecule has 15 heavy (non-hydrogen) atoms. The number of halogens is 1. The maximum atomic E-state index is 12.1. The van der Waals surface area contributed by atoms with Gasteiger partial charge in [0.25, 0.3) is 0 Å². The molecular weight excluding hydrogens is 278 g/mol. The Kier molecular flexibility index (Phi) is 4.84. The molecule has 0 unspecified atom stereocenters. The Morgan fingerprint density at radius 1 is 1.13 bits per heavy atom. The number of hydrogen-bond acceptors (Lipinski definition) is 2. The summed E-state index contributed by atoms with van der Waals surface area (Å²) < 4.78 is 25.6. The molecule has 0 atom stereocenters. The van der Waals surface area contributed by atoms with E-state index in [1.807, 2.05) is 34.6 Å². The van der Waals surface area contributed by atoms with Crippen LogP contribution < -0.4 is 0 Å². The molecule has 0 spiro atoms. The first-order valence-corrected chi connectivity index (χ1v) is 7.68. The Hall–Kier alpha value is 0.390. The second kappa shape index (κ2) is 4.72. The van der Waals surface area contributed by atoms with Crippen LogP contribution in [0.2, 0.25) is 0 Å². The van der Waals surface area contributed by atoms with Crippen LogP contribution in [-0.2, 0) is 10.0 Å². The summed E-state index contributed by atoms with van der Waals surface area (Å²) in [6, 6.07) is 0. The van der Waals surface area contributed by atoms with Crippen molar-refractivity contribution < 1.29 is 8.42 Å². The lowest BCUT2D eigenvalue weighted by molar-refractivity contribution is 0.293. The molecule has 0 amide bonds. The van der Waals surface area contributed by atoms with E-state index in [1.54, 1.807) is 7.05 Å². The first kappa shape index (κ1) is 15.4. The zero-order chi connectivity index (χ0) is 12.5. The van der Waals surface area contributed by atoms with Crippen LogP contribution in [0.25, 0.3) is 0 Å². The van der Waals surface area contributed by atoms with Gasteiger partial charge in [0.2, 0.25) is 10.0 Å². The van der Waals surface area contributed by atoms with Gasteiger partial charge in [-0.25, -0.2) is 8.42 Å². The largest absolute Gasteiger partial charge is 0.214 e. The van der Waals surface area contributed by atoms with E-state index in [4.69, 9.17) is 0 Å². The minimum Gasteiger partial charge on any atom is -0.212 e. The van der Waals surface area contributed by atoms with Gasteiger partial charge >= 0.3 is 0 Å². The first-order valence-electron chi connectivity index (χ1n) is 4.95. The summed E-state index contributed by atoms with van der Waals surface area (Å²) in [4.78, 5) is 0. The van der Waals surface area contributed by atoms with Crippen molar-refractivity contribution in [3.8, 4) is 0 Å². The molecule has 0 heterocycles. The van der Waals surface area contributed by atoms with Crippen molar-refractivity contribution in [2.45, 2.75) is 40.2 Å². The van der Waals surface area contributed by atoms with Gasteiger partial charge in [-0.3, -0.25) is 0 Å². The Labute approximate surface area is 102 Å². The highest BCUT2D eigenvalue weighted by Crippen LogP contribution is 2.24. The van der Waals surface area contributed by atoms with E-state index in [2.05, 4.69) is 15.9 Å². The van der Waals surface area contributed by atoms with Crippen molar-refractivity contribution >= 4 is 26.0 Å². The van der Waals surface area contributed by atoms with E-state index in [9.17, 15) is 8.42 Å². The van der Waals surface area contributed by atoms with E-state index in [-0.39, 0.29) is 16.7 Å². The third kappa shape index (κ3) is 4.83. The molecule has 0 fully saturated rings. The number of nitrogens with zero attached hydrogens (tertiary/aromatic N) is 1. The van der Waals surface area contributed by atoms with E-state index in [0.717, 1.165) is 0 Å². The highest BCUT2D eigenvalue weighted by atomic mass is 79.9. The van der Waals surface area contributed by atoms with Crippen molar-refractivity contribution in [1.29, 1.82) is 0 Å². The molecule has 0 aliphatic carbocycles. The summed E-state index contributed by atoms with van der Waals surface area (Å²) in [6.45, 7) is 9.60. The average Bonchev–Trinajstić information content (AvgIpc) is 1.98. The van der Waals surface area contributed by atoms with Gasteiger partial charge in [0.15, 0.2) is 0 Å². The van der Waals surface area contributed by atoms with E-state index in [1.165, 1.54) is 4.31 Å². The molecular formula is C10H22BrNO2S. The quantitative estimate of drug-likeness (QED) is 0.748. The molecule has 0 aromatic heterocycles. The van der Waals surface area contributed by atoms with Crippen LogP contribution in [-0.4, -0.2) is 36.4 Å². The standard InChI is InChI=1S/C10H22BrNO2S/c1-9(2,3)8-15(13,14)12(6)10(4,5)7-11/h7-8H2,1-6H3. The molecule has 0 aliphatic heterocycles. The Balaban J connectivity index is 4.91. The highest BCUT2D eigenvalue weighted by Gasteiger charge is 2.34. The summed E-state index contributed by atoms with van der Waals surface area (Å²) in [5.74, 6) is 0.174. The Morgan fingerprint density at radius 3 is 1.80 bits per heavy atom. The fourth-order valence-corrected chi connectivity index (χ4v) is 3.75. The number of rotatable bonds is 4. The Bertz CT molecular complexity index is 304. The van der Waals surface area contributed by atoms with Crippen LogP contribution in [0.5, 0.6) is 0 Å². The number of hydrogen-bond donors (Lipinski definition) is 0. The molecule has 0 rings (SSSR count). The van der Waals surface area contributed by atoms with Gasteiger partial charge in [-0.2, -0.15) is 4.31 Å². The number of alkyl halides is 1. The van der Waals surface area contributed by atoms with Crippen molar-refractivity contribution in [3.63, 3.8) is 0 Å². The van der Waals surface area contributed by atoms with Crippen LogP contribution in [0.15, 0.2) is 0 Å². The first-order chi connectivity index (χ1) is 6.42. The minimum atomic E-state index is -3.18. The van der Waals surface area contributed by atoms with Crippen LogP contribution in [0.3, 0.4) is 0 Å². The molecule has 0 bridgehead atoms. The number of sulfonamides is 1. The topological polar surface area (TPSA) is 37.4 Å². The van der Waals surface area contributed by atoms with Crippen LogP contribution in [0, 0.1) is 5.41 Å². The monoisotopic (exact) mass is 299 g/mol. The minimum absolute atomic E-state index is 0.174. The molecule has 0 aromatic carbocycles. The van der Waals surface area contributed by atoms with E-state index >= 15 is 0 Å². The van der Waals surface area contributed by atoms with Crippen molar-refractivity contribution in [2.24, 2.45) is 5.41 Å². The van der Waals surface area contributed by atoms with Crippen LogP contribution >= 0.6 is 15.9 Å². The van der Waals surface area contributed by atoms with Gasteiger partial charge in [-0.05, 0) is 19.3 Å². The second-order valence-electron chi connectivity index (χ2n) is 5.73. The Morgan fingerprint density at radius 2 is 1.53 bits per heavy atom. The van der Waals surface area contributed by atoms with Crippen molar-refractivity contribution in [1.82, 2.24) is 4.31 Å². The fraction of sp³-hybridized carbons (Fsp3) is 1.00. The lowest BCUT2D eigenvalue weighted by Gasteiger charge is -2.34. The predicted molar refractivity (Wildman–Crippen MR) is 68.9 cm³/mol. The molecule has 5 heteroatoms. The average molecular weight is 300 g/mol. The van der Waals surface area contributed by atoms with Crippen molar-refractivity contribution in [3.05, 3.63) is 0 Å². The molecule has 3 nitrogen and oxygen atoms in total. The van der Waals surface area contributed by atoms with E-state index < -0.39 is 10.0 Å². The van der Waals surface area contributed by atoms with Gasteiger partial charge in [-0.15, -0.1) is 0 Å². The maximum absolute atomic E-state index is 12.1. The lowest BCUT2D eigenvalue weighted by Crippen LogP contribution is -2.48. The van der Waals surface area contributed by atoms with Gasteiger partial charge < -0.3 is 0 Å². The predicted octanol–water partition coefficient (Wildman–Crippen LogP) is 2.47. The maximum Gasteiger partial charge on any atom is 0.214 e. The highest BCUT2D eigenvalue weighted by molar-refractivity contribution is 9.09. The van der Waals surface area contributed by atoms with Gasteiger partial charge in [0, 0.05) is 17.9 Å².